The van der Waals surface area contributed by atoms with E-state index < -0.39 is 0 Å². The van der Waals surface area contributed by atoms with Crippen LogP contribution in [0.3, 0.4) is 0 Å². The summed E-state index contributed by atoms with van der Waals surface area (Å²) in [5, 5.41) is 6.48. The van der Waals surface area contributed by atoms with E-state index in [4.69, 9.17) is 0 Å². The lowest BCUT2D eigenvalue weighted by atomic mass is 10.1. The molecule has 4 nitrogen and oxygen atoms in total. The van der Waals surface area contributed by atoms with Crippen molar-refractivity contribution in [1.82, 2.24) is 15.5 Å². The van der Waals surface area contributed by atoms with Gasteiger partial charge in [-0.2, -0.15) is 0 Å². The SMILES string of the molecule is CN=C(NCc1ccc(F)c(C)c1)NCC(c1cccc(F)c1)N(C)C.I. The first kappa shape index (κ1) is 23.3. The maximum Gasteiger partial charge on any atom is 0.191 e. The molecule has 0 saturated carbocycles. The molecule has 0 spiro atoms. The minimum atomic E-state index is -0.247. The van der Waals surface area contributed by atoms with Crippen molar-refractivity contribution in [3.8, 4) is 0 Å². The molecule has 0 aliphatic carbocycles. The number of nitrogens with one attached hydrogen (secondary N) is 2. The van der Waals surface area contributed by atoms with Crippen molar-refractivity contribution in [2.24, 2.45) is 4.99 Å². The third-order valence-electron chi connectivity index (χ3n) is 4.23. The van der Waals surface area contributed by atoms with Crippen LogP contribution in [0, 0.1) is 18.6 Å². The average Bonchev–Trinajstić information content (AvgIpc) is 2.60. The molecule has 0 radical (unpaired) electrons. The number of halogens is 3. The molecule has 0 aromatic heterocycles. The van der Waals surface area contributed by atoms with Gasteiger partial charge in [0, 0.05) is 20.1 Å². The maximum atomic E-state index is 13.5. The Kier molecular flexibility index (Phi) is 9.65. The Morgan fingerprint density at radius 3 is 2.44 bits per heavy atom. The van der Waals surface area contributed by atoms with Crippen molar-refractivity contribution in [1.29, 1.82) is 0 Å². The van der Waals surface area contributed by atoms with Crippen LogP contribution in [0.15, 0.2) is 47.5 Å². The second kappa shape index (κ2) is 11.2. The summed E-state index contributed by atoms with van der Waals surface area (Å²) in [4.78, 5) is 6.24. The molecule has 0 aliphatic rings. The van der Waals surface area contributed by atoms with E-state index in [1.165, 1.54) is 12.1 Å². The zero-order valence-corrected chi connectivity index (χ0v) is 18.4. The molecule has 2 aromatic rings. The summed E-state index contributed by atoms with van der Waals surface area (Å²) in [6, 6.07) is 11.6. The van der Waals surface area contributed by atoms with Crippen molar-refractivity contribution in [2.45, 2.75) is 19.5 Å². The number of benzene rings is 2. The number of rotatable bonds is 6. The van der Waals surface area contributed by atoms with E-state index in [9.17, 15) is 8.78 Å². The minimum absolute atomic E-state index is 0. The maximum absolute atomic E-state index is 13.5. The number of nitrogens with zero attached hydrogens (tertiary/aromatic N) is 2. The predicted molar refractivity (Wildman–Crippen MR) is 118 cm³/mol. The summed E-state index contributed by atoms with van der Waals surface area (Å²) in [5.41, 5.74) is 2.49. The molecule has 0 amide bonds. The third kappa shape index (κ3) is 7.06. The Labute approximate surface area is 177 Å². The molecule has 0 heterocycles. The van der Waals surface area contributed by atoms with Crippen LogP contribution in [-0.4, -0.2) is 38.5 Å². The molecule has 2 aromatic carbocycles. The zero-order chi connectivity index (χ0) is 19.1. The fourth-order valence-electron chi connectivity index (χ4n) is 2.73. The monoisotopic (exact) mass is 488 g/mol. The van der Waals surface area contributed by atoms with Crippen LogP contribution in [0.4, 0.5) is 8.78 Å². The first-order valence-electron chi connectivity index (χ1n) is 8.52. The lowest BCUT2D eigenvalue weighted by Crippen LogP contribution is -2.41. The van der Waals surface area contributed by atoms with E-state index in [2.05, 4.69) is 15.6 Å². The number of hydrogen-bond donors (Lipinski definition) is 2. The van der Waals surface area contributed by atoms with Gasteiger partial charge in [0.15, 0.2) is 5.96 Å². The lowest BCUT2D eigenvalue weighted by molar-refractivity contribution is 0.297. The fourth-order valence-corrected chi connectivity index (χ4v) is 2.73. The molecule has 2 N–H and O–H groups in total. The van der Waals surface area contributed by atoms with E-state index >= 15 is 0 Å². The van der Waals surface area contributed by atoms with Gasteiger partial charge in [-0.3, -0.25) is 4.99 Å². The van der Waals surface area contributed by atoms with Crippen LogP contribution >= 0.6 is 24.0 Å². The number of likely N-dealkylation sites (N-methyl/N-ethyl adjacent to an activating group) is 1. The predicted octanol–water partition coefficient (Wildman–Crippen LogP) is 3.86. The molecule has 0 aliphatic heterocycles. The number of hydrogen-bond acceptors (Lipinski definition) is 2. The smallest absolute Gasteiger partial charge is 0.191 e. The van der Waals surface area contributed by atoms with Gasteiger partial charge in [0.1, 0.15) is 11.6 Å². The highest BCUT2D eigenvalue weighted by molar-refractivity contribution is 14.0. The van der Waals surface area contributed by atoms with Crippen LogP contribution < -0.4 is 10.6 Å². The third-order valence-corrected chi connectivity index (χ3v) is 4.23. The highest BCUT2D eigenvalue weighted by atomic mass is 127. The van der Waals surface area contributed by atoms with Crippen molar-refractivity contribution < 1.29 is 8.78 Å². The van der Waals surface area contributed by atoms with Gasteiger partial charge in [-0.05, 0) is 55.9 Å². The first-order chi connectivity index (χ1) is 12.4. The van der Waals surface area contributed by atoms with E-state index in [0.717, 1.165) is 11.1 Å². The molecule has 1 unspecified atom stereocenters. The topological polar surface area (TPSA) is 39.7 Å². The highest BCUT2D eigenvalue weighted by Gasteiger charge is 2.15. The number of guanidine groups is 1. The fraction of sp³-hybridized carbons (Fsp3) is 0.350. The van der Waals surface area contributed by atoms with Crippen LogP contribution in [-0.2, 0) is 6.54 Å². The van der Waals surface area contributed by atoms with Crippen molar-refractivity contribution in [3.05, 3.63) is 70.8 Å². The van der Waals surface area contributed by atoms with Gasteiger partial charge in [-0.1, -0.05) is 24.3 Å². The molecule has 27 heavy (non-hydrogen) atoms. The Balaban J connectivity index is 0.00000364. The molecule has 7 heteroatoms. The molecule has 0 bridgehead atoms. The van der Waals surface area contributed by atoms with E-state index in [1.54, 1.807) is 32.2 Å². The second-order valence-corrected chi connectivity index (χ2v) is 6.42. The van der Waals surface area contributed by atoms with E-state index in [1.807, 2.05) is 31.1 Å². The standard InChI is InChI=1S/C20H26F2N4.HI/c1-14-10-15(8-9-18(14)22)12-24-20(23-2)25-13-19(26(3)4)16-6-5-7-17(21)11-16;/h5-11,19H,12-13H2,1-4H3,(H2,23,24,25);1H. The molecular formula is C20H27F2IN4. The van der Waals surface area contributed by atoms with Gasteiger partial charge in [0.05, 0.1) is 6.04 Å². The van der Waals surface area contributed by atoms with E-state index in [0.29, 0.717) is 24.6 Å². The average molecular weight is 488 g/mol. The summed E-state index contributed by atoms with van der Waals surface area (Å²) in [7, 11) is 5.60. The molecule has 0 saturated heterocycles. The van der Waals surface area contributed by atoms with Gasteiger partial charge >= 0.3 is 0 Å². The molecule has 148 valence electrons. The molecule has 1 atom stereocenters. The van der Waals surface area contributed by atoms with E-state index in [-0.39, 0.29) is 41.7 Å². The Morgan fingerprint density at radius 1 is 1.11 bits per heavy atom. The largest absolute Gasteiger partial charge is 0.354 e. The summed E-state index contributed by atoms with van der Waals surface area (Å²) in [6.07, 6.45) is 0. The minimum Gasteiger partial charge on any atom is -0.354 e. The summed E-state index contributed by atoms with van der Waals surface area (Å²) >= 11 is 0. The van der Waals surface area contributed by atoms with Crippen LogP contribution in [0.2, 0.25) is 0 Å². The lowest BCUT2D eigenvalue weighted by Gasteiger charge is -2.26. The first-order valence-corrected chi connectivity index (χ1v) is 8.52. The Morgan fingerprint density at radius 2 is 1.85 bits per heavy atom. The Bertz CT molecular complexity index is 765. The van der Waals surface area contributed by atoms with Crippen molar-refractivity contribution in [3.63, 3.8) is 0 Å². The summed E-state index contributed by atoms with van der Waals surface area (Å²) in [6.45, 7) is 2.85. The summed E-state index contributed by atoms with van der Waals surface area (Å²) < 4.78 is 26.9. The number of aliphatic imine (C=N–C) groups is 1. The van der Waals surface area contributed by atoms with Crippen molar-refractivity contribution in [2.75, 3.05) is 27.7 Å². The zero-order valence-electron chi connectivity index (χ0n) is 16.1. The highest BCUT2D eigenvalue weighted by Crippen LogP contribution is 2.18. The van der Waals surface area contributed by atoms with Crippen LogP contribution in [0.25, 0.3) is 0 Å². The second-order valence-electron chi connectivity index (χ2n) is 6.42. The summed E-state index contributed by atoms with van der Waals surface area (Å²) in [5.74, 6) is 0.180. The Hall–Kier alpha value is -1.74. The molecule has 2 rings (SSSR count). The van der Waals surface area contributed by atoms with Crippen LogP contribution in [0.1, 0.15) is 22.7 Å². The van der Waals surface area contributed by atoms with Gasteiger partial charge in [0.25, 0.3) is 0 Å². The van der Waals surface area contributed by atoms with Gasteiger partial charge in [0.2, 0.25) is 0 Å². The normalized spacial score (nSPS) is 12.5. The number of aryl methyl sites for hydroxylation is 1. The van der Waals surface area contributed by atoms with Gasteiger partial charge in [-0.25, -0.2) is 8.78 Å². The van der Waals surface area contributed by atoms with Gasteiger partial charge < -0.3 is 15.5 Å². The quantitative estimate of drug-likeness (QED) is 0.369. The molecule has 0 fully saturated rings. The van der Waals surface area contributed by atoms with Gasteiger partial charge in [-0.15, -0.1) is 24.0 Å². The molecular weight excluding hydrogens is 461 g/mol. The van der Waals surface area contributed by atoms with Crippen LogP contribution in [0.5, 0.6) is 0 Å². The van der Waals surface area contributed by atoms with Crippen molar-refractivity contribution >= 4 is 29.9 Å².